The summed E-state index contributed by atoms with van der Waals surface area (Å²) in [6, 6.07) is 1.49. The van der Waals surface area contributed by atoms with Gasteiger partial charge in [-0.2, -0.15) is 0 Å². The molecule has 1 atom stereocenters. The van der Waals surface area contributed by atoms with Gasteiger partial charge in [-0.25, -0.2) is 13.1 Å². The number of hydrogen-bond donors (Lipinski definition) is 2. The summed E-state index contributed by atoms with van der Waals surface area (Å²) in [6.07, 6.45) is 0. The zero-order valence-corrected chi connectivity index (χ0v) is 12.4. The predicted molar refractivity (Wildman–Crippen MR) is 72.3 cm³/mol. The molecule has 2 N–H and O–H groups in total. The molecule has 0 radical (unpaired) electrons. The van der Waals surface area contributed by atoms with Crippen LogP contribution in [0.1, 0.15) is 29.2 Å². The van der Waals surface area contributed by atoms with Crippen LogP contribution in [-0.2, 0) is 10.0 Å². The summed E-state index contributed by atoms with van der Waals surface area (Å²) in [5, 5.41) is 8.97. The zero-order chi connectivity index (χ0) is 14.1. The van der Waals surface area contributed by atoms with Crippen LogP contribution in [0.5, 0.6) is 0 Å². The Morgan fingerprint density at radius 3 is 2.00 bits per heavy atom. The van der Waals surface area contributed by atoms with Crippen molar-refractivity contribution >= 4 is 10.0 Å². The summed E-state index contributed by atoms with van der Waals surface area (Å²) in [4.78, 5) is 0.334. The molecule has 0 aliphatic rings. The fraction of sp³-hybridized carbons (Fsp3) is 0.538. The van der Waals surface area contributed by atoms with Crippen LogP contribution in [0.3, 0.4) is 0 Å². The van der Waals surface area contributed by atoms with Crippen molar-refractivity contribution in [3.8, 4) is 0 Å². The smallest absolute Gasteiger partial charge is 0.241 e. The second kappa shape index (κ2) is 5.38. The SMILES string of the molecule is Cc1cc(C)c(C)c(S(=O)(=O)NC(C)CO)c1C. The monoisotopic (exact) mass is 271 g/mol. The number of benzene rings is 1. The molecule has 0 amide bonds. The molecule has 18 heavy (non-hydrogen) atoms. The maximum absolute atomic E-state index is 12.3. The van der Waals surface area contributed by atoms with Gasteiger partial charge in [0.05, 0.1) is 11.5 Å². The van der Waals surface area contributed by atoms with E-state index >= 15 is 0 Å². The topological polar surface area (TPSA) is 66.4 Å². The Morgan fingerprint density at radius 1 is 1.17 bits per heavy atom. The van der Waals surface area contributed by atoms with Gasteiger partial charge in [0.1, 0.15) is 0 Å². The quantitative estimate of drug-likeness (QED) is 0.873. The van der Waals surface area contributed by atoms with Gasteiger partial charge < -0.3 is 5.11 Å². The van der Waals surface area contributed by atoms with Crippen molar-refractivity contribution in [1.29, 1.82) is 0 Å². The lowest BCUT2D eigenvalue weighted by atomic mass is 10.0. The van der Waals surface area contributed by atoms with E-state index in [0.717, 1.165) is 22.3 Å². The predicted octanol–water partition coefficient (Wildman–Crippen LogP) is 1.58. The first kappa shape index (κ1) is 15.1. The lowest BCUT2D eigenvalue weighted by Crippen LogP contribution is -2.35. The molecule has 5 heteroatoms. The highest BCUT2D eigenvalue weighted by molar-refractivity contribution is 7.89. The summed E-state index contributed by atoms with van der Waals surface area (Å²) in [6.45, 7) is 8.82. The summed E-state index contributed by atoms with van der Waals surface area (Å²) >= 11 is 0. The van der Waals surface area contributed by atoms with Crippen molar-refractivity contribution in [3.05, 3.63) is 28.3 Å². The first-order valence-corrected chi connectivity index (χ1v) is 7.39. The van der Waals surface area contributed by atoms with Crippen LogP contribution in [0.4, 0.5) is 0 Å². The molecule has 1 rings (SSSR count). The van der Waals surface area contributed by atoms with Crippen LogP contribution in [0.15, 0.2) is 11.0 Å². The van der Waals surface area contributed by atoms with Gasteiger partial charge in [-0.3, -0.25) is 0 Å². The molecule has 0 heterocycles. The highest BCUT2D eigenvalue weighted by Gasteiger charge is 2.23. The van der Waals surface area contributed by atoms with E-state index in [-0.39, 0.29) is 6.61 Å². The fourth-order valence-corrected chi connectivity index (χ4v) is 3.80. The van der Waals surface area contributed by atoms with Crippen LogP contribution in [0, 0.1) is 27.7 Å². The molecular weight excluding hydrogens is 250 g/mol. The molecule has 0 aliphatic carbocycles. The first-order chi connectivity index (χ1) is 8.20. The molecule has 0 aliphatic heterocycles. The molecule has 1 aromatic carbocycles. The molecule has 0 saturated carbocycles. The summed E-state index contributed by atoms with van der Waals surface area (Å²) in [7, 11) is -3.59. The van der Waals surface area contributed by atoms with Crippen molar-refractivity contribution in [2.75, 3.05) is 6.61 Å². The van der Waals surface area contributed by atoms with Gasteiger partial charge in [0.15, 0.2) is 0 Å². The second-order valence-electron chi connectivity index (χ2n) is 4.79. The van der Waals surface area contributed by atoms with E-state index < -0.39 is 16.1 Å². The van der Waals surface area contributed by atoms with Crippen LogP contribution in [0.25, 0.3) is 0 Å². The van der Waals surface area contributed by atoms with E-state index in [2.05, 4.69) is 4.72 Å². The van der Waals surface area contributed by atoms with Gasteiger partial charge in [-0.1, -0.05) is 6.07 Å². The minimum Gasteiger partial charge on any atom is -0.395 e. The van der Waals surface area contributed by atoms with E-state index in [0.29, 0.717) is 4.90 Å². The van der Waals surface area contributed by atoms with Crippen LogP contribution in [-0.4, -0.2) is 26.2 Å². The number of aryl methyl sites for hydroxylation is 2. The highest BCUT2D eigenvalue weighted by Crippen LogP contribution is 2.25. The third-order valence-electron chi connectivity index (χ3n) is 3.20. The normalized spacial score (nSPS) is 13.7. The van der Waals surface area contributed by atoms with Gasteiger partial charge >= 0.3 is 0 Å². The van der Waals surface area contributed by atoms with Crippen molar-refractivity contribution in [1.82, 2.24) is 4.72 Å². The number of hydrogen-bond acceptors (Lipinski definition) is 3. The van der Waals surface area contributed by atoms with Crippen molar-refractivity contribution in [2.24, 2.45) is 0 Å². The summed E-state index contributed by atoms with van der Waals surface area (Å²) < 4.78 is 27.1. The molecule has 0 spiro atoms. The maximum Gasteiger partial charge on any atom is 0.241 e. The van der Waals surface area contributed by atoms with Crippen molar-refractivity contribution in [2.45, 2.75) is 45.6 Å². The Balaban J connectivity index is 3.41. The zero-order valence-electron chi connectivity index (χ0n) is 11.5. The molecular formula is C13H21NO3S. The Kier molecular flexibility index (Phi) is 4.53. The fourth-order valence-electron chi connectivity index (χ4n) is 1.94. The Morgan fingerprint density at radius 2 is 1.61 bits per heavy atom. The van der Waals surface area contributed by atoms with Gasteiger partial charge in [-0.15, -0.1) is 0 Å². The molecule has 4 nitrogen and oxygen atoms in total. The molecule has 102 valence electrons. The van der Waals surface area contributed by atoms with Gasteiger partial charge in [0.2, 0.25) is 10.0 Å². The van der Waals surface area contributed by atoms with Crippen LogP contribution in [0.2, 0.25) is 0 Å². The van der Waals surface area contributed by atoms with E-state index in [1.165, 1.54) is 0 Å². The lowest BCUT2D eigenvalue weighted by molar-refractivity contribution is 0.265. The molecule has 1 aromatic rings. The Hall–Kier alpha value is -0.910. The Bertz CT molecular complexity index is 524. The van der Waals surface area contributed by atoms with Crippen LogP contribution < -0.4 is 4.72 Å². The van der Waals surface area contributed by atoms with E-state index in [9.17, 15) is 8.42 Å². The first-order valence-electron chi connectivity index (χ1n) is 5.91. The number of sulfonamides is 1. The molecule has 0 fully saturated rings. The van der Waals surface area contributed by atoms with Crippen LogP contribution >= 0.6 is 0 Å². The van der Waals surface area contributed by atoms with Crippen molar-refractivity contribution < 1.29 is 13.5 Å². The molecule has 0 saturated heterocycles. The van der Waals surface area contributed by atoms with Gasteiger partial charge in [0, 0.05) is 6.04 Å². The number of nitrogens with one attached hydrogen (secondary N) is 1. The number of aliphatic hydroxyl groups is 1. The largest absolute Gasteiger partial charge is 0.395 e. The maximum atomic E-state index is 12.3. The lowest BCUT2D eigenvalue weighted by Gasteiger charge is -2.18. The van der Waals surface area contributed by atoms with E-state index in [1.54, 1.807) is 20.8 Å². The van der Waals surface area contributed by atoms with Gasteiger partial charge in [0.25, 0.3) is 0 Å². The molecule has 1 unspecified atom stereocenters. The Labute approximate surface area is 109 Å². The minimum absolute atomic E-state index is 0.220. The second-order valence-corrected chi connectivity index (χ2v) is 6.45. The average Bonchev–Trinajstić information content (AvgIpc) is 2.25. The summed E-state index contributed by atoms with van der Waals surface area (Å²) in [5.74, 6) is 0. The standard InChI is InChI=1S/C13H21NO3S/c1-8-6-9(2)12(5)13(11(8)4)18(16,17)14-10(3)7-15/h6,10,14-15H,7H2,1-5H3. The summed E-state index contributed by atoms with van der Waals surface area (Å²) in [5.41, 5.74) is 3.43. The molecule has 0 bridgehead atoms. The molecule has 0 aromatic heterocycles. The highest BCUT2D eigenvalue weighted by atomic mass is 32.2. The average molecular weight is 271 g/mol. The number of rotatable bonds is 4. The van der Waals surface area contributed by atoms with E-state index in [4.69, 9.17) is 5.11 Å². The third kappa shape index (κ3) is 2.91. The minimum atomic E-state index is -3.59. The van der Waals surface area contributed by atoms with E-state index in [1.807, 2.05) is 19.9 Å². The van der Waals surface area contributed by atoms with Crippen molar-refractivity contribution in [3.63, 3.8) is 0 Å². The third-order valence-corrected chi connectivity index (χ3v) is 5.06. The van der Waals surface area contributed by atoms with Gasteiger partial charge in [-0.05, 0) is 56.9 Å². The number of aliphatic hydroxyl groups excluding tert-OH is 1.